The number of rotatable bonds is 3. The van der Waals surface area contributed by atoms with Crippen LogP contribution in [0.4, 0.5) is 0 Å². The van der Waals surface area contributed by atoms with Gasteiger partial charge in [-0.1, -0.05) is 0 Å². The third-order valence-electron chi connectivity index (χ3n) is 4.15. The summed E-state index contributed by atoms with van der Waals surface area (Å²) < 4.78 is 0. The minimum atomic E-state index is -0.0297. The van der Waals surface area contributed by atoms with Crippen LogP contribution >= 0.6 is 11.3 Å². The molecule has 0 spiro atoms. The van der Waals surface area contributed by atoms with Crippen LogP contribution in [0.25, 0.3) is 0 Å². The zero-order valence-corrected chi connectivity index (χ0v) is 13.2. The summed E-state index contributed by atoms with van der Waals surface area (Å²) in [7, 11) is 1.72. The molecule has 1 saturated heterocycles. The summed E-state index contributed by atoms with van der Waals surface area (Å²) in [6.45, 7) is 3.30. The van der Waals surface area contributed by atoms with E-state index in [1.165, 1.54) is 16.9 Å². The highest BCUT2D eigenvalue weighted by Crippen LogP contribution is 2.31. The van der Waals surface area contributed by atoms with Gasteiger partial charge in [-0.15, -0.1) is 11.3 Å². The molecule has 1 aliphatic heterocycles. The van der Waals surface area contributed by atoms with Gasteiger partial charge in [0.1, 0.15) is 0 Å². The molecule has 1 aromatic heterocycles. The fourth-order valence-electron chi connectivity index (χ4n) is 2.91. The lowest BCUT2D eigenvalue weighted by molar-refractivity contribution is -0.132. The van der Waals surface area contributed by atoms with Gasteiger partial charge >= 0.3 is 0 Å². The van der Waals surface area contributed by atoms with Gasteiger partial charge < -0.3 is 15.1 Å². The van der Waals surface area contributed by atoms with Gasteiger partial charge in [0.25, 0.3) is 5.91 Å². The van der Waals surface area contributed by atoms with Crippen LogP contribution in [-0.2, 0) is 17.6 Å². The minimum Gasteiger partial charge on any atom is -0.339 e. The Morgan fingerprint density at radius 2 is 2.10 bits per heavy atom. The third-order valence-corrected chi connectivity index (χ3v) is 5.37. The van der Waals surface area contributed by atoms with Crippen molar-refractivity contribution in [3.63, 3.8) is 0 Å². The van der Waals surface area contributed by atoms with Gasteiger partial charge in [0.05, 0.1) is 11.4 Å². The molecule has 21 heavy (non-hydrogen) atoms. The van der Waals surface area contributed by atoms with Crippen molar-refractivity contribution >= 4 is 23.2 Å². The predicted molar refractivity (Wildman–Crippen MR) is 82.8 cm³/mol. The number of nitrogens with one attached hydrogen (secondary N) is 1. The highest BCUT2D eigenvalue weighted by molar-refractivity contribution is 7.14. The zero-order chi connectivity index (χ0) is 14.8. The highest BCUT2D eigenvalue weighted by Gasteiger charge is 2.23. The molecule has 0 aromatic carbocycles. The van der Waals surface area contributed by atoms with Crippen molar-refractivity contribution < 1.29 is 9.59 Å². The van der Waals surface area contributed by atoms with E-state index in [2.05, 4.69) is 5.32 Å². The smallest absolute Gasteiger partial charge is 0.264 e. The normalized spacial score (nSPS) is 17.7. The van der Waals surface area contributed by atoms with Crippen LogP contribution in [0.3, 0.4) is 0 Å². The van der Waals surface area contributed by atoms with E-state index in [9.17, 15) is 9.59 Å². The predicted octanol–water partition coefficient (Wildman–Crippen LogP) is 0.741. The van der Waals surface area contributed by atoms with Crippen molar-refractivity contribution in [2.75, 3.05) is 39.8 Å². The van der Waals surface area contributed by atoms with Crippen molar-refractivity contribution in [2.24, 2.45) is 0 Å². The summed E-state index contributed by atoms with van der Waals surface area (Å²) >= 11 is 1.59. The van der Waals surface area contributed by atoms with Crippen LogP contribution in [0.2, 0.25) is 0 Å². The second-order valence-corrected chi connectivity index (χ2v) is 6.84. The Morgan fingerprint density at radius 1 is 1.33 bits per heavy atom. The highest BCUT2D eigenvalue weighted by atomic mass is 32.1. The van der Waals surface area contributed by atoms with Gasteiger partial charge in [0.15, 0.2) is 0 Å². The summed E-state index contributed by atoms with van der Waals surface area (Å²) in [6.07, 6.45) is 3.38. The topological polar surface area (TPSA) is 52.7 Å². The van der Waals surface area contributed by atoms with Crippen LogP contribution in [0, 0.1) is 0 Å². The lowest BCUT2D eigenvalue weighted by Crippen LogP contribution is -2.49. The van der Waals surface area contributed by atoms with Crippen molar-refractivity contribution in [3.05, 3.63) is 21.4 Å². The van der Waals surface area contributed by atoms with Crippen molar-refractivity contribution in [2.45, 2.75) is 19.3 Å². The fraction of sp³-hybridized carbons (Fsp3) is 0.600. The molecular weight excluding hydrogens is 286 g/mol. The lowest BCUT2D eigenvalue weighted by atomic mass is 10.2. The molecule has 0 unspecified atom stereocenters. The molecule has 1 fully saturated rings. The van der Waals surface area contributed by atoms with E-state index in [1.54, 1.807) is 23.3 Å². The maximum absolute atomic E-state index is 12.4. The number of hydrogen-bond donors (Lipinski definition) is 1. The van der Waals surface area contributed by atoms with Gasteiger partial charge in [-0.3, -0.25) is 9.59 Å². The summed E-state index contributed by atoms with van der Waals surface area (Å²) in [5.74, 6) is 0.00864. The number of piperazine rings is 1. The first-order valence-corrected chi connectivity index (χ1v) is 8.32. The molecule has 0 radical (unpaired) electrons. The lowest BCUT2D eigenvalue weighted by Gasteiger charge is -2.29. The fourth-order valence-corrected chi connectivity index (χ4v) is 4.16. The van der Waals surface area contributed by atoms with Gasteiger partial charge in [0, 0.05) is 38.1 Å². The number of carbonyl (C=O) groups is 2. The minimum absolute atomic E-state index is 0.0297. The largest absolute Gasteiger partial charge is 0.339 e. The molecule has 0 saturated carbocycles. The van der Waals surface area contributed by atoms with Crippen LogP contribution in [0.5, 0.6) is 0 Å². The molecular formula is C15H21N3O2S. The van der Waals surface area contributed by atoms with Crippen molar-refractivity contribution in [3.8, 4) is 0 Å². The number of amides is 2. The van der Waals surface area contributed by atoms with E-state index in [4.69, 9.17) is 0 Å². The van der Waals surface area contributed by atoms with Crippen LogP contribution in [-0.4, -0.2) is 61.4 Å². The maximum atomic E-state index is 12.4. The second kappa shape index (κ2) is 6.15. The van der Waals surface area contributed by atoms with E-state index < -0.39 is 0 Å². The molecule has 6 heteroatoms. The molecule has 1 aromatic rings. The van der Waals surface area contributed by atoms with Gasteiger partial charge in [-0.2, -0.15) is 0 Å². The Kier molecular flexibility index (Phi) is 4.26. The standard InChI is InChI=1S/C15H21N3O2S/c1-17(10-14(19)18-7-5-16-6-8-18)15(20)13-9-11-3-2-4-12(11)21-13/h9,16H,2-8,10H2,1H3. The molecule has 1 N–H and O–H groups in total. The first kappa shape index (κ1) is 14.5. The monoisotopic (exact) mass is 307 g/mol. The number of likely N-dealkylation sites (N-methyl/N-ethyl adjacent to an activating group) is 1. The molecule has 0 bridgehead atoms. The Balaban J connectivity index is 1.60. The van der Waals surface area contributed by atoms with Crippen molar-refractivity contribution in [1.82, 2.24) is 15.1 Å². The summed E-state index contributed by atoms with van der Waals surface area (Å²) in [4.78, 5) is 30.1. The molecule has 2 heterocycles. The number of carbonyl (C=O) groups excluding carboxylic acids is 2. The zero-order valence-electron chi connectivity index (χ0n) is 12.4. The van der Waals surface area contributed by atoms with E-state index in [0.29, 0.717) is 0 Å². The molecule has 2 amide bonds. The molecule has 1 aliphatic carbocycles. The Hall–Kier alpha value is -1.40. The van der Waals surface area contributed by atoms with E-state index >= 15 is 0 Å². The van der Waals surface area contributed by atoms with Gasteiger partial charge in [-0.25, -0.2) is 0 Å². The average Bonchev–Trinajstić information content (AvgIpc) is 3.08. The van der Waals surface area contributed by atoms with Crippen LogP contribution in [0.1, 0.15) is 26.5 Å². The van der Waals surface area contributed by atoms with Crippen molar-refractivity contribution in [1.29, 1.82) is 0 Å². The second-order valence-electron chi connectivity index (χ2n) is 5.70. The Morgan fingerprint density at radius 3 is 2.81 bits per heavy atom. The first-order valence-electron chi connectivity index (χ1n) is 7.50. The van der Waals surface area contributed by atoms with Crippen LogP contribution in [0.15, 0.2) is 6.07 Å². The van der Waals surface area contributed by atoms with E-state index in [1.807, 2.05) is 11.0 Å². The first-order chi connectivity index (χ1) is 10.1. The number of thiophene rings is 1. The summed E-state index contributed by atoms with van der Waals surface area (Å²) in [6, 6.07) is 2.02. The average molecular weight is 307 g/mol. The summed E-state index contributed by atoms with van der Waals surface area (Å²) in [5, 5.41) is 3.22. The quantitative estimate of drug-likeness (QED) is 0.896. The van der Waals surface area contributed by atoms with E-state index in [0.717, 1.165) is 43.9 Å². The molecule has 0 atom stereocenters. The van der Waals surface area contributed by atoms with Crippen LogP contribution < -0.4 is 5.32 Å². The number of aryl methyl sites for hydroxylation is 2. The van der Waals surface area contributed by atoms with Gasteiger partial charge in [-0.05, 0) is 30.9 Å². The summed E-state index contributed by atoms with van der Waals surface area (Å²) in [5.41, 5.74) is 1.32. The molecule has 2 aliphatic rings. The maximum Gasteiger partial charge on any atom is 0.264 e. The molecule has 3 rings (SSSR count). The molecule has 5 nitrogen and oxygen atoms in total. The third kappa shape index (κ3) is 3.11. The number of hydrogen-bond acceptors (Lipinski definition) is 4. The number of nitrogens with zero attached hydrogens (tertiary/aromatic N) is 2. The SMILES string of the molecule is CN(CC(=O)N1CCNCC1)C(=O)c1cc2c(s1)CCC2. The molecule has 114 valence electrons. The van der Waals surface area contributed by atoms with E-state index in [-0.39, 0.29) is 18.4 Å². The van der Waals surface area contributed by atoms with Gasteiger partial charge in [0.2, 0.25) is 5.91 Å². The Labute approximate surface area is 128 Å². The number of fused-ring (bicyclic) bond motifs is 1. The Bertz CT molecular complexity index is 528.